The quantitative estimate of drug-likeness (QED) is 0.396. The number of carbonyl (C=O) groups is 2. The molecule has 1 aromatic heterocycles. The molecule has 1 aliphatic rings. The SMILES string of the molecule is CCc1ccc(N(C(C)=O)c2nc(COC(=O)C3(c4ccc(F)cc4)CCCC3)cs2)cc1. The van der Waals surface area contributed by atoms with Gasteiger partial charge in [-0.15, -0.1) is 11.3 Å². The second kappa shape index (κ2) is 9.83. The third kappa shape index (κ3) is 4.83. The fourth-order valence-electron chi connectivity index (χ4n) is 4.41. The molecule has 0 N–H and O–H groups in total. The van der Waals surface area contributed by atoms with Gasteiger partial charge in [0.1, 0.15) is 12.4 Å². The zero-order valence-corrected chi connectivity index (χ0v) is 19.7. The van der Waals surface area contributed by atoms with E-state index in [0.29, 0.717) is 23.7 Å². The van der Waals surface area contributed by atoms with E-state index in [9.17, 15) is 14.0 Å². The molecule has 0 spiro atoms. The van der Waals surface area contributed by atoms with Gasteiger partial charge in [-0.1, -0.05) is 44.0 Å². The van der Waals surface area contributed by atoms with Gasteiger partial charge in [0.2, 0.25) is 5.91 Å². The Morgan fingerprint density at radius 3 is 2.36 bits per heavy atom. The largest absolute Gasteiger partial charge is 0.458 e. The Labute approximate surface area is 197 Å². The first-order valence-electron chi connectivity index (χ1n) is 11.2. The minimum Gasteiger partial charge on any atom is -0.458 e. The number of ether oxygens (including phenoxy) is 1. The van der Waals surface area contributed by atoms with Gasteiger partial charge < -0.3 is 4.74 Å². The van der Waals surface area contributed by atoms with Gasteiger partial charge in [0.15, 0.2) is 5.13 Å². The van der Waals surface area contributed by atoms with E-state index in [2.05, 4.69) is 11.9 Å². The lowest BCUT2D eigenvalue weighted by Crippen LogP contribution is -2.34. The number of amides is 1. The Morgan fingerprint density at radius 2 is 1.76 bits per heavy atom. The molecule has 1 aliphatic carbocycles. The topological polar surface area (TPSA) is 59.5 Å². The van der Waals surface area contributed by atoms with Crippen molar-refractivity contribution in [1.82, 2.24) is 4.98 Å². The molecule has 33 heavy (non-hydrogen) atoms. The van der Waals surface area contributed by atoms with E-state index in [1.165, 1.54) is 36.0 Å². The summed E-state index contributed by atoms with van der Waals surface area (Å²) in [6.07, 6.45) is 4.15. The lowest BCUT2D eigenvalue weighted by molar-refractivity contribution is -0.152. The van der Waals surface area contributed by atoms with E-state index >= 15 is 0 Å². The summed E-state index contributed by atoms with van der Waals surface area (Å²) >= 11 is 1.33. The molecule has 172 valence electrons. The Balaban J connectivity index is 1.49. The molecule has 1 fully saturated rings. The van der Waals surface area contributed by atoms with Gasteiger partial charge in [0, 0.05) is 12.3 Å². The van der Waals surface area contributed by atoms with Crippen LogP contribution in [0.25, 0.3) is 0 Å². The van der Waals surface area contributed by atoms with Crippen LogP contribution in [0.15, 0.2) is 53.9 Å². The maximum Gasteiger partial charge on any atom is 0.316 e. The first kappa shape index (κ1) is 23.1. The highest BCUT2D eigenvalue weighted by Gasteiger charge is 2.44. The molecule has 4 rings (SSSR count). The number of aromatic nitrogens is 1. The number of hydrogen-bond donors (Lipinski definition) is 0. The summed E-state index contributed by atoms with van der Waals surface area (Å²) in [5, 5.41) is 2.34. The van der Waals surface area contributed by atoms with Crippen molar-refractivity contribution < 1.29 is 18.7 Å². The number of rotatable bonds is 7. The van der Waals surface area contributed by atoms with Crippen LogP contribution in [-0.2, 0) is 32.8 Å². The molecule has 1 heterocycles. The predicted octanol–water partition coefficient (Wildman–Crippen LogP) is 6.08. The minimum absolute atomic E-state index is 0.0266. The van der Waals surface area contributed by atoms with Gasteiger partial charge in [0.25, 0.3) is 0 Å². The first-order chi connectivity index (χ1) is 15.9. The molecule has 2 aromatic carbocycles. The van der Waals surface area contributed by atoms with E-state index in [-0.39, 0.29) is 24.3 Å². The lowest BCUT2D eigenvalue weighted by Gasteiger charge is -2.27. The van der Waals surface area contributed by atoms with E-state index in [1.807, 2.05) is 24.3 Å². The zero-order valence-electron chi connectivity index (χ0n) is 18.8. The fourth-order valence-corrected chi connectivity index (χ4v) is 5.28. The van der Waals surface area contributed by atoms with Crippen LogP contribution in [0.1, 0.15) is 56.4 Å². The molecule has 0 saturated heterocycles. The van der Waals surface area contributed by atoms with Crippen molar-refractivity contribution in [3.63, 3.8) is 0 Å². The molecular weight excluding hydrogens is 439 g/mol. The molecule has 5 nitrogen and oxygen atoms in total. The molecule has 0 unspecified atom stereocenters. The van der Waals surface area contributed by atoms with Crippen LogP contribution in [0, 0.1) is 5.82 Å². The molecule has 3 aromatic rings. The molecular formula is C26H27FN2O3S. The van der Waals surface area contributed by atoms with Crippen molar-refractivity contribution in [3.05, 3.63) is 76.5 Å². The Bertz CT molecular complexity index is 1120. The lowest BCUT2D eigenvalue weighted by atomic mass is 9.79. The Morgan fingerprint density at radius 1 is 1.09 bits per heavy atom. The van der Waals surface area contributed by atoms with Crippen LogP contribution in [0.5, 0.6) is 0 Å². The van der Waals surface area contributed by atoms with Gasteiger partial charge in [-0.3, -0.25) is 14.5 Å². The van der Waals surface area contributed by atoms with Gasteiger partial charge in [0.05, 0.1) is 16.8 Å². The average molecular weight is 467 g/mol. The number of carbonyl (C=O) groups excluding carboxylic acids is 2. The number of esters is 1. The number of nitrogens with zero attached hydrogens (tertiary/aromatic N) is 2. The van der Waals surface area contributed by atoms with Crippen molar-refractivity contribution in [2.24, 2.45) is 0 Å². The average Bonchev–Trinajstić information content (AvgIpc) is 3.49. The van der Waals surface area contributed by atoms with E-state index in [0.717, 1.165) is 30.5 Å². The summed E-state index contributed by atoms with van der Waals surface area (Å²) in [4.78, 5) is 31.6. The van der Waals surface area contributed by atoms with Crippen LogP contribution in [0.4, 0.5) is 15.2 Å². The van der Waals surface area contributed by atoms with Crippen molar-refractivity contribution in [1.29, 1.82) is 0 Å². The third-order valence-electron chi connectivity index (χ3n) is 6.24. The van der Waals surface area contributed by atoms with Crippen molar-refractivity contribution in [3.8, 4) is 0 Å². The number of hydrogen-bond acceptors (Lipinski definition) is 5. The number of halogens is 1. The third-order valence-corrected chi connectivity index (χ3v) is 7.12. The summed E-state index contributed by atoms with van der Waals surface area (Å²) < 4.78 is 19.1. The van der Waals surface area contributed by atoms with Crippen molar-refractivity contribution >= 4 is 34.0 Å². The molecule has 0 bridgehead atoms. The second-order valence-electron chi connectivity index (χ2n) is 8.37. The molecule has 0 atom stereocenters. The zero-order chi connectivity index (χ0) is 23.4. The molecule has 7 heteroatoms. The van der Waals surface area contributed by atoms with Crippen LogP contribution in [-0.4, -0.2) is 16.9 Å². The number of aryl methyl sites for hydroxylation is 1. The second-order valence-corrected chi connectivity index (χ2v) is 9.20. The van der Waals surface area contributed by atoms with E-state index < -0.39 is 5.41 Å². The van der Waals surface area contributed by atoms with Crippen LogP contribution in [0.2, 0.25) is 0 Å². The van der Waals surface area contributed by atoms with Gasteiger partial charge in [-0.05, 0) is 54.7 Å². The monoisotopic (exact) mass is 466 g/mol. The summed E-state index contributed by atoms with van der Waals surface area (Å²) in [5.41, 5.74) is 2.59. The number of benzene rings is 2. The summed E-state index contributed by atoms with van der Waals surface area (Å²) in [5.74, 6) is -0.771. The summed E-state index contributed by atoms with van der Waals surface area (Å²) in [7, 11) is 0. The smallest absolute Gasteiger partial charge is 0.316 e. The van der Waals surface area contributed by atoms with E-state index in [4.69, 9.17) is 4.74 Å². The summed E-state index contributed by atoms with van der Waals surface area (Å²) in [6, 6.07) is 13.9. The van der Waals surface area contributed by atoms with Crippen LogP contribution < -0.4 is 4.90 Å². The maximum absolute atomic E-state index is 13.4. The van der Waals surface area contributed by atoms with Crippen LogP contribution in [0.3, 0.4) is 0 Å². The number of anilines is 2. The van der Waals surface area contributed by atoms with Gasteiger partial charge in [-0.25, -0.2) is 9.37 Å². The first-order valence-corrected chi connectivity index (χ1v) is 12.1. The molecule has 0 aliphatic heterocycles. The van der Waals surface area contributed by atoms with Gasteiger partial charge in [-0.2, -0.15) is 0 Å². The minimum atomic E-state index is -0.737. The normalized spacial score (nSPS) is 14.8. The van der Waals surface area contributed by atoms with Gasteiger partial charge >= 0.3 is 5.97 Å². The standard InChI is InChI=1S/C26H27FN2O3S/c1-3-19-6-12-23(13-7-19)29(18(2)30)25-28-22(17-33-25)16-32-24(31)26(14-4-5-15-26)20-8-10-21(27)11-9-20/h6-13,17H,3-5,14-16H2,1-2H3. The maximum atomic E-state index is 13.4. The number of thiazole rings is 1. The highest BCUT2D eigenvalue weighted by Crippen LogP contribution is 2.42. The summed E-state index contributed by atoms with van der Waals surface area (Å²) in [6.45, 7) is 3.61. The predicted molar refractivity (Wildman–Crippen MR) is 127 cm³/mol. The highest BCUT2D eigenvalue weighted by atomic mass is 32.1. The Hall–Kier alpha value is -3.06. The Kier molecular flexibility index (Phi) is 6.88. The molecule has 0 radical (unpaired) electrons. The van der Waals surface area contributed by atoms with Crippen LogP contribution >= 0.6 is 11.3 Å². The highest BCUT2D eigenvalue weighted by molar-refractivity contribution is 7.14. The fraction of sp³-hybridized carbons (Fsp3) is 0.346. The molecule has 1 amide bonds. The van der Waals surface area contributed by atoms with Crippen molar-refractivity contribution in [2.75, 3.05) is 4.90 Å². The van der Waals surface area contributed by atoms with E-state index in [1.54, 1.807) is 22.4 Å². The van der Waals surface area contributed by atoms with Crippen molar-refractivity contribution in [2.45, 2.75) is 58.0 Å². The molecule has 1 saturated carbocycles.